The summed E-state index contributed by atoms with van der Waals surface area (Å²) in [6.45, 7) is -0.634. The van der Waals surface area contributed by atoms with Crippen molar-refractivity contribution >= 4 is 12.3 Å². The molecule has 0 spiro atoms. The van der Waals surface area contributed by atoms with Crippen LogP contribution in [0.15, 0.2) is 0 Å². The molecule has 120 valence electrons. The van der Waals surface area contributed by atoms with Crippen LogP contribution in [-0.2, 0) is 23.7 Å². The van der Waals surface area contributed by atoms with E-state index in [0.717, 1.165) is 51.4 Å². The Bertz CT molecular complexity index is 300. The molecule has 0 N–H and O–H groups in total. The van der Waals surface area contributed by atoms with Crippen LogP contribution in [0.25, 0.3) is 0 Å². The van der Waals surface area contributed by atoms with E-state index < -0.39 is 12.3 Å². The van der Waals surface area contributed by atoms with E-state index in [9.17, 15) is 9.59 Å². The molecule has 2 rings (SSSR count). The highest BCUT2D eigenvalue weighted by Crippen LogP contribution is 2.22. The molecule has 0 radical (unpaired) electrons. The quantitative estimate of drug-likeness (QED) is 0.423. The standard InChI is InChI=1S/C14H22O7/c15-13(20-11-5-1-2-6-11)18-9-17-10-19-14(16)21-12-7-3-4-8-12/h11-12H,1-10H2. The minimum Gasteiger partial charge on any atom is -0.431 e. The van der Waals surface area contributed by atoms with Gasteiger partial charge in [-0.1, -0.05) is 0 Å². The van der Waals surface area contributed by atoms with Crippen LogP contribution in [0, 0.1) is 0 Å². The van der Waals surface area contributed by atoms with Crippen molar-refractivity contribution in [2.75, 3.05) is 13.6 Å². The molecule has 2 saturated carbocycles. The Labute approximate surface area is 123 Å². The lowest BCUT2D eigenvalue weighted by Gasteiger charge is -2.12. The van der Waals surface area contributed by atoms with Crippen molar-refractivity contribution in [2.45, 2.75) is 63.6 Å². The molecular formula is C14H22O7. The molecule has 0 aromatic heterocycles. The third kappa shape index (κ3) is 6.20. The molecule has 0 unspecified atom stereocenters. The fraction of sp³-hybridized carbons (Fsp3) is 0.857. The molecule has 0 aliphatic heterocycles. The van der Waals surface area contributed by atoms with E-state index in [-0.39, 0.29) is 25.8 Å². The Balaban J connectivity index is 1.43. The summed E-state index contributed by atoms with van der Waals surface area (Å²) in [6, 6.07) is 0. The summed E-state index contributed by atoms with van der Waals surface area (Å²) in [7, 11) is 0. The first-order valence-corrected chi connectivity index (χ1v) is 7.48. The van der Waals surface area contributed by atoms with Crippen LogP contribution in [0.4, 0.5) is 9.59 Å². The molecule has 7 nitrogen and oxygen atoms in total. The zero-order valence-electron chi connectivity index (χ0n) is 12.1. The van der Waals surface area contributed by atoms with Crippen LogP contribution in [0.3, 0.4) is 0 Å². The summed E-state index contributed by atoms with van der Waals surface area (Å²) in [5, 5.41) is 0. The fourth-order valence-electron chi connectivity index (χ4n) is 2.57. The molecule has 0 bridgehead atoms. The third-order valence-electron chi connectivity index (χ3n) is 3.65. The third-order valence-corrected chi connectivity index (χ3v) is 3.65. The Morgan fingerprint density at radius 2 is 1.10 bits per heavy atom. The summed E-state index contributed by atoms with van der Waals surface area (Å²) in [5.41, 5.74) is 0. The average Bonchev–Trinajstić information content (AvgIpc) is 3.12. The van der Waals surface area contributed by atoms with E-state index in [2.05, 4.69) is 0 Å². The Morgan fingerprint density at radius 1 is 0.714 bits per heavy atom. The molecule has 0 heterocycles. The van der Waals surface area contributed by atoms with Gasteiger partial charge in [-0.05, 0) is 51.4 Å². The van der Waals surface area contributed by atoms with Gasteiger partial charge in [-0.15, -0.1) is 0 Å². The number of carbonyl (C=O) groups excluding carboxylic acids is 2. The summed E-state index contributed by atoms with van der Waals surface area (Å²) < 4.78 is 24.4. The summed E-state index contributed by atoms with van der Waals surface area (Å²) in [4.78, 5) is 22.5. The average molecular weight is 302 g/mol. The maximum absolute atomic E-state index is 11.3. The van der Waals surface area contributed by atoms with Crippen molar-refractivity contribution in [3.8, 4) is 0 Å². The first kappa shape index (κ1) is 15.9. The molecule has 0 aromatic rings. The zero-order valence-corrected chi connectivity index (χ0v) is 12.1. The lowest BCUT2D eigenvalue weighted by Crippen LogP contribution is -2.19. The van der Waals surface area contributed by atoms with Crippen LogP contribution in [0.5, 0.6) is 0 Å². The van der Waals surface area contributed by atoms with Crippen LogP contribution in [-0.4, -0.2) is 38.1 Å². The number of rotatable bonds is 6. The number of hydrogen-bond donors (Lipinski definition) is 0. The minimum absolute atomic E-state index is 0.0462. The predicted octanol–water partition coefficient (Wildman–Crippen LogP) is 3.11. The summed E-state index contributed by atoms with van der Waals surface area (Å²) in [6.07, 6.45) is 6.22. The van der Waals surface area contributed by atoms with Gasteiger partial charge in [0, 0.05) is 0 Å². The lowest BCUT2D eigenvalue weighted by atomic mass is 10.3. The zero-order chi connectivity index (χ0) is 14.9. The molecule has 2 aliphatic carbocycles. The molecule has 0 aromatic carbocycles. The van der Waals surface area contributed by atoms with E-state index in [1.807, 2.05) is 0 Å². The predicted molar refractivity (Wildman–Crippen MR) is 70.5 cm³/mol. The van der Waals surface area contributed by atoms with Crippen LogP contribution >= 0.6 is 0 Å². The maximum Gasteiger partial charge on any atom is 0.510 e. The SMILES string of the molecule is O=C(OCOCOC(=O)OC1CCCC1)OC1CCCC1. The Morgan fingerprint density at radius 3 is 1.48 bits per heavy atom. The normalized spacial score (nSPS) is 19.4. The number of hydrogen-bond acceptors (Lipinski definition) is 7. The second kappa shape index (κ2) is 8.71. The van der Waals surface area contributed by atoms with Gasteiger partial charge in [0.05, 0.1) is 0 Å². The van der Waals surface area contributed by atoms with Crippen LogP contribution in [0.2, 0.25) is 0 Å². The van der Waals surface area contributed by atoms with Gasteiger partial charge in [0.2, 0.25) is 0 Å². The first-order chi connectivity index (χ1) is 10.2. The van der Waals surface area contributed by atoms with Crippen LogP contribution < -0.4 is 0 Å². The smallest absolute Gasteiger partial charge is 0.431 e. The maximum atomic E-state index is 11.3. The van der Waals surface area contributed by atoms with E-state index in [0.29, 0.717) is 0 Å². The van der Waals surface area contributed by atoms with Gasteiger partial charge >= 0.3 is 12.3 Å². The first-order valence-electron chi connectivity index (χ1n) is 7.48. The van der Waals surface area contributed by atoms with Gasteiger partial charge in [-0.2, -0.15) is 0 Å². The second-order valence-electron chi connectivity index (χ2n) is 5.28. The summed E-state index contributed by atoms with van der Waals surface area (Å²) >= 11 is 0. The molecular weight excluding hydrogens is 280 g/mol. The fourth-order valence-corrected chi connectivity index (χ4v) is 2.57. The van der Waals surface area contributed by atoms with E-state index in [4.69, 9.17) is 23.7 Å². The molecule has 0 amide bonds. The highest BCUT2D eigenvalue weighted by Gasteiger charge is 2.21. The van der Waals surface area contributed by atoms with Gasteiger partial charge in [0.15, 0.2) is 13.6 Å². The molecule has 2 aliphatic rings. The van der Waals surface area contributed by atoms with Crippen molar-refractivity contribution in [1.29, 1.82) is 0 Å². The van der Waals surface area contributed by atoms with Gasteiger partial charge < -0.3 is 23.7 Å². The van der Waals surface area contributed by atoms with Crippen molar-refractivity contribution in [3.05, 3.63) is 0 Å². The van der Waals surface area contributed by atoms with Crippen LogP contribution in [0.1, 0.15) is 51.4 Å². The highest BCUT2D eigenvalue weighted by molar-refractivity contribution is 5.60. The topological polar surface area (TPSA) is 80.3 Å². The number of ether oxygens (including phenoxy) is 5. The largest absolute Gasteiger partial charge is 0.510 e. The van der Waals surface area contributed by atoms with Gasteiger partial charge in [0.1, 0.15) is 12.2 Å². The molecule has 2 fully saturated rings. The van der Waals surface area contributed by atoms with Crippen molar-refractivity contribution in [3.63, 3.8) is 0 Å². The van der Waals surface area contributed by atoms with Gasteiger partial charge in [0.25, 0.3) is 0 Å². The van der Waals surface area contributed by atoms with Gasteiger partial charge in [-0.25, -0.2) is 9.59 Å². The van der Waals surface area contributed by atoms with Crippen molar-refractivity contribution in [2.24, 2.45) is 0 Å². The lowest BCUT2D eigenvalue weighted by molar-refractivity contribution is -0.114. The monoisotopic (exact) mass is 302 g/mol. The van der Waals surface area contributed by atoms with Crippen molar-refractivity contribution in [1.82, 2.24) is 0 Å². The van der Waals surface area contributed by atoms with Crippen molar-refractivity contribution < 1.29 is 33.3 Å². The molecule has 0 saturated heterocycles. The van der Waals surface area contributed by atoms with E-state index in [1.54, 1.807) is 0 Å². The minimum atomic E-state index is -0.754. The molecule has 21 heavy (non-hydrogen) atoms. The van der Waals surface area contributed by atoms with Gasteiger partial charge in [-0.3, -0.25) is 0 Å². The van der Waals surface area contributed by atoms with E-state index in [1.165, 1.54) is 0 Å². The second-order valence-corrected chi connectivity index (χ2v) is 5.28. The Kier molecular flexibility index (Phi) is 6.59. The molecule has 0 atom stereocenters. The Hall–Kier alpha value is -1.50. The molecule has 7 heteroatoms. The number of carbonyl (C=O) groups is 2. The summed E-state index contributed by atoms with van der Waals surface area (Å²) in [5.74, 6) is 0. The highest BCUT2D eigenvalue weighted by atomic mass is 16.8. The van der Waals surface area contributed by atoms with E-state index >= 15 is 0 Å².